The van der Waals surface area contributed by atoms with Gasteiger partial charge in [0.1, 0.15) is 17.5 Å². The van der Waals surface area contributed by atoms with E-state index in [4.69, 9.17) is 4.74 Å². The highest BCUT2D eigenvalue weighted by Gasteiger charge is 2.23. The molecule has 3 aromatic rings. The molecule has 1 unspecified atom stereocenters. The van der Waals surface area contributed by atoms with Crippen molar-refractivity contribution in [3.63, 3.8) is 0 Å². The fraction of sp³-hybridized carbons (Fsp3) is 0.190. The molecule has 154 valence electrons. The second kappa shape index (κ2) is 8.56. The number of benzene rings is 2. The zero-order chi connectivity index (χ0) is 21.8. The summed E-state index contributed by atoms with van der Waals surface area (Å²) in [5, 5.41) is 18.1. The summed E-state index contributed by atoms with van der Waals surface area (Å²) in [4.78, 5) is 35.8. The summed E-state index contributed by atoms with van der Waals surface area (Å²) >= 11 is 0. The fourth-order valence-corrected chi connectivity index (χ4v) is 2.92. The molecular formula is C21H20N4O5. The van der Waals surface area contributed by atoms with Crippen LogP contribution in [0.2, 0.25) is 0 Å². The largest absolute Gasteiger partial charge is 0.497 e. The van der Waals surface area contributed by atoms with Crippen molar-refractivity contribution in [2.75, 3.05) is 12.4 Å². The average Bonchev–Trinajstić information content (AvgIpc) is 2.74. The first kappa shape index (κ1) is 20.7. The van der Waals surface area contributed by atoms with Crippen LogP contribution in [0.3, 0.4) is 0 Å². The maximum atomic E-state index is 12.8. The Morgan fingerprint density at radius 1 is 1.17 bits per heavy atom. The van der Waals surface area contributed by atoms with E-state index >= 15 is 0 Å². The van der Waals surface area contributed by atoms with E-state index in [0.717, 1.165) is 10.2 Å². The number of ether oxygens (including phenoxy) is 1. The predicted octanol–water partition coefficient (Wildman–Crippen LogP) is 3.34. The zero-order valence-electron chi connectivity index (χ0n) is 16.7. The van der Waals surface area contributed by atoms with Crippen molar-refractivity contribution in [1.29, 1.82) is 0 Å². The standard InChI is InChI=1S/C21H20N4O5/c1-13-5-4-6-18(25(28)29)20(13)22-21(27)14(2)24-19(26)12-11-17(23-24)15-7-9-16(30-3)10-8-15/h4-12,14H,1-3H3,(H,22,27). The lowest BCUT2D eigenvalue weighted by Crippen LogP contribution is -2.33. The summed E-state index contributed by atoms with van der Waals surface area (Å²) in [6.45, 7) is 3.16. The molecule has 1 aromatic heterocycles. The first-order chi connectivity index (χ1) is 14.3. The third-order valence-electron chi connectivity index (χ3n) is 4.65. The van der Waals surface area contributed by atoms with Crippen molar-refractivity contribution in [3.05, 3.63) is 80.6 Å². The number of hydrogen-bond acceptors (Lipinski definition) is 6. The number of nitrogens with zero attached hydrogens (tertiary/aromatic N) is 3. The number of carbonyl (C=O) groups excluding carboxylic acids is 1. The number of para-hydroxylation sites is 1. The van der Waals surface area contributed by atoms with Gasteiger partial charge in [0.15, 0.2) is 0 Å². The van der Waals surface area contributed by atoms with E-state index in [1.807, 2.05) is 0 Å². The zero-order valence-corrected chi connectivity index (χ0v) is 16.7. The Kier molecular flexibility index (Phi) is 5.91. The molecule has 0 bridgehead atoms. The molecule has 1 heterocycles. The van der Waals surface area contributed by atoms with Gasteiger partial charge in [-0.25, -0.2) is 4.68 Å². The number of anilines is 1. The molecule has 0 fully saturated rings. The van der Waals surface area contributed by atoms with Gasteiger partial charge < -0.3 is 10.1 Å². The third kappa shape index (κ3) is 4.19. The molecule has 0 aliphatic carbocycles. The van der Waals surface area contributed by atoms with Gasteiger partial charge in [-0.05, 0) is 49.7 Å². The van der Waals surface area contributed by atoms with Crippen LogP contribution in [0, 0.1) is 17.0 Å². The molecule has 0 aliphatic heterocycles. The molecule has 0 spiro atoms. The molecule has 0 radical (unpaired) electrons. The Hall–Kier alpha value is -4.01. The van der Waals surface area contributed by atoms with Crippen LogP contribution < -0.4 is 15.6 Å². The lowest BCUT2D eigenvalue weighted by Gasteiger charge is -2.16. The van der Waals surface area contributed by atoms with Gasteiger partial charge >= 0.3 is 0 Å². The van der Waals surface area contributed by atoms with Crippen molar-refractivity contribution in [2.45, 2.75) is 19.9 Å². The summed E-state index contributed by atoms with van der Waals surface area (Å²) < 4.78 is 6.19. The molecule has 0 saturated carbocycles. The SMILES string of the molecule is COc1ccc(-c2ccc(=O)n(C(C)C(=O)Nc3c(C)cccc3[N+](=O)[O-])n2)cc1. The van der Waals surface area contributed by atoms with Gasteiger partial charge in [-0.3, -0.25) is 19.7 Å². The number of nitro benzene ring substituents is 1. The highest BCUT2D eigenvalue weighted by atomic mass is 16.6. The van der Waals surface area contributed by atoms with Crippen LogP contribution in [0.5, 0.6) is 5.75 Å². The number of nitrogens with one attached hydrogen (secondary N) is 1. The Morgan fingerprint density at radius 3 is 2.50 bits per heavy atom. The van der Waals surface area contributed by atoms with E-state index in [2.05, 4.69) is 10.4 Å². The van der Waals surface area contributed by atoms with Crippen LogP contribution in [-0.2, 0) is 4.79 Å². The number of carbonyl (C=O) groups is 1. The Labute approximate surface area is 172 Å². The number of aryl methyl sites for hydroxylation is 1. The molecule has 3 rings (SSSR count). The smallest absolute Gasteiger partial charge is 0.293 e. The Bertz CT molecular complexity index is 1150. The minimum absolute atomic E-state index is 0.0960. The molecular weight excluding hydrogens is 388 g/mol. The summed E-state index contributed by atoms with van der Waals surface area (Å²) in [5.74, 6) is 0.0912. The summed E-state index contributed by atoms with van der Waals surface area (Å²) in [7, 11) is 1.56. The van der Waals surface area contributed by atoms with Gasteiger partial charge in [-0.1, -0.05) is 12.1 Å². The van der Waals surface area contributed by atoms with Crippen LogP contribution in [0.4, 0.5) is 11.4 Å². The van der Waals surface area contributed by atoms with Crippen molar-refractivity contribution in [1.82, 2.24) is 9.78 Å². The molecule has 0 saturated heterocycles. The lowest BCUT2D eigenvalue weighted by molar-refractivity contribution is -0.384. The summed E-state index contributed by atoms with van der Waals surface area (Å²) in [5.41, 5.74) is 1.19. The van der Waals surface area contributed by atoms with E-state index in [-0.39, 0.29) is 11.4 Å². The van der Waals surface area contributed by atoms with Crippen LogP contribution in [-0.4, -0.2) is 27.7 Å². The second-order valence-corrected chi connectivity index (χ2v) is 6.62. The number of methoxy groups -OCH3 is 1. The van der Waals surface area contributed by atoms with Crippen LogP contribution >= 0.6 is 0 Å². The monoisotopic (exact) mass is 408 g/mol. The minimum atomic E-state index is -0.991. The fourth-order valence-electron chi connectivity index (χ4n) is 2.92. The van der Waals surface area contributed by atoms with Crippen molar-refractivity contribution in [2.24, 2.45) is 0 Å². The Morgan fingerprint density at radius 2 is 1.87 bits per heavy atom. The minimum Gasteiger partial charge on any atom is -0.497 e. The Balaban J connectivity index is 1.91. The first-order valence-electron chi connectivity index (χ1n) is 9.11. The molecule has 30 heavy (non-hydrogen) atoms. The van der Waals surface area contributed by atoms with E-state index in [0.29, 0.717) is 17.0 Å². The van der Waals surface area contributed by atoms with Gasteiger partial charge in [0.2, 0.25) is 5.91 Å². The second-order valence-electron chi connectivity index (χ2n) is 6.62. The average molecular weight is 408 g/mol. The van der Waals surface area contributed by atoms with E-state index < -0.39 is 22.4 Å². The van der Waals surface area contributed by atoms with Crippen LogP contribution in [0.15, 0.2) is 59.4 Å². The highest BCUT2D eigenvalue weighted by Crippen LogP contribution is 2.28. The highest BCUT2D eigenvalue weighted by molar-refractivity contribution is 5.96. The number of hydrogen-bond donors (Lipinski definition) is 1. The van der Waals surface area contributed by atoms with E-state index in [1.54, 1.807) is 50.4 Å². The van der Waals surface area contributed by atoms with Gasteiger partial charge in [-0.2, -0.15) is 5.10 Å². The summed E-state index contributed by atoms with van der Waals surface area (Å²) in [6.07, 6.45) is 0. The lowest BCUT2D eigenvalue weighted by atomic mass is 10.1. The molecule has 9 heteroatoms. The molecule has 1 atom stereocenters. The predicted molar refractivity (Wildman–Crippen MR) is 112 cm³/mol. The quantitative estimate of drug-likeness (QED) is 0.494. The van der Waals surface area contributed by atoms with Crippen LogP contribution in [0.1, 0.15) is 18.5 Å². The molecule has 1 amide bonds. The topological polar surface area (TPSA) is 116 Å². The maximum Gasteiger partial charge on any atom is 0.293 e. The first-order valence-corrected chi connectivity index (χ1v) is 9.11. The van der Waals surface area contributed by atoms with Gasteiger partial charge in [0.05, 0.1) is 17.7 Å². The van der Waals surface area contributed by atoms with Gasteiger partial charge in [-0.15, -0.1) is 0 Å². The number of rotatable bonds is 6. The molecule has 0 aliphatic rings. The van der Waals surface area contributed by atoms with Gasteiger partial charge in [0.25, 0.3) is 11.2 Å². The number of aromatic nitrogens is 2. The summed E-state index contributed by atoms with van der Waals surface area (Å²) in [6, 6.07) is 13.5. The van der Waals surface area contributed by atoms with Crippen molar-refractivity contribution < 1.29 is 14.5 Å². The van der Waals surface area contributed by atoms with E-state index in [1.165, 1.54) is 25.1 Å². The molecule has 1 N–H and O–H groups in total. The van der Waals surface area contributed by atoms with Crippen LogP contribution in [0.25, 0.3) is 11.3 Å². The maximum absolute atomic E-state index is 12.8. The van der Waals surface area contributed by atoms with Gasteiger partial charge in [0, 0.05) is 17.7 Å². The van der Waals surface area contributed by atoms with Crippen molar-refractivity contribution in [3.8, 4) is 17.0 Å². The molecule has 9 nitrogen and oxygen atoms in total. The number of nitro groups is 1. The molecule has 2 aromatic carbocycles. The van der Waals surface area contributed by atoms with E-state index in [9.17, 15) is 19.7 Å². The normalized spacial score (nSPS) is 11.6. The van der Waals surface area contributed by atoms with Crippen molar-refractivity contribution >= 4 is 17.3 Å². The number of amides is 1. The third-order valence-corrected chi connectivity index (χ3v) is 4.65.